The van der Waals surface area contributed by atoms with Crippen LogP contribution in [0.4, 0.5) is 11.4 Å². The molecule has 0 aliphatic carbocycles. The zero-order chi connectivity index (χ0) is 30.1. The first-order valence-corrected chi connectivity index (χ1v) is 14.1. The topological polar surface area (TPSA) is 43.2 Å². The molecule has 5 nitrogen and oxygen atoms in total. The number of rotatable bonds is 2. The molecule has 0 radical (unpaired) electrons. The van der Waals surface area contributed by atoms with Crippen LogP contribution in [0.25, 0.3) is 0 Å². The smallest absolute Gasteiger partial charge is 0.231 e. The van der Waals surface area contributed by atoms with Gasteiger partial charge in [0.05, 0.1) is 5.69 Å². The second-order valence-corrected chi connectivity index (χ2v) is 15.3. The van der Waals surface area contributed by atoms with E-state index in [1.807, 2.05) is 38.0 Å². The molecule has 0 spiro atoms. The van der Waals surface area contributed by atoms with Gasteiger partial charge in [-0.05, 0) is 68.2 Å². The first-order valence-electron chi connectivity index (χ1n) is 14.1. The Morgan fingerprint density at radius 3 is 1.18 bits per heavy atom. The van der Waals surface area contributed by atoms with E-state index in [1.165, 1.54) is 22.3 Å². The van der Waals surface area contributed by atoms with Crippen LogP contribution in [0.5, 0.6) is 0 Å². The van der Waals surface area contributed by atoms with Crippen molar-refractivity contribution in [1.29, 1.82) is 0 Å². The quantitative estimate of drug-likeness (QED) is 0.311. The molecule has 0 heterocycles. The summed E-state index contributed by atoms with van der Waals surface area (Å²) in [6.45, 7) is 27.1. The summed E-state index contributed by atoms with van der Waals surface area (Å²) in [6.07, 6.45) is 0. The van der Waals surface area contributed by atoms with E-state index in [2.05, 4.69) is 125 Å². The van der Waals surface area contributed by atoms with Gasteiger partial charge >= 0.3 is 0 Å². The Kier molecular flexibility index (Phi) is 9.43. The van der Waals surface area contributed by atoms with Crippen molar-refractivity contribution in [1.82, 2.24) is 9.80 Å². The van der Waals surface area contributed by atoms with Crippen LogP contribution >= 0.6 is 0 Å². The zero-order valence-electron chi connectivity index (χ0n) is 27.8. The Balaban J connectivity index is 2.85. The SMILES string of the molecule is CN(C)C(=N/C(=N\c1cc(C(C)(C)C)cc(C(C)(C)C)c1)Nc1cc(C(C)(C)C)cc(C(C)(C)C)c1)N(C)C. The van der Waals surface area contributed by atoms with Crippen molar-refractivity contribution in [3.63, 3.8) is 0 Å². The maximum atomic E-state index is 5.16. The lowest BCUT2D eigenvalue weighted by molar-refractivity contribution is 0.485. The van der Waals surface area contributed by atoms with Gasteiger partial charge in [0.15, 0.2) is 0 Å². The molecule has 1 N–H and O–H groups in total. The molecule has 2 aromatic carbocycles. The molecule has 2 aromatic rings. The molecule has 0 unspecified atom stereocenters. The summed E-state index contributed by atoms with van der Waals surface area (Å²) >= 11 is 0. The number of hydrogen-bond donors (Lipinski definition) is 1. The number of guanidine groups is 2. The Labute approximate surface area is 239 Å². The Hall–Kier alpha value is -2.82. The summed E-state index contributed by atoms with van der Waals surface area (Å²) in [5.74, 6) is 1.37. The highest BCUT2D eigenvalue weighted by atomic mass is 15.4. The van der Waals surface area contributed by atoms with Crippen molar-refractivity contribution in [3.05, 3.63) is 58.7 Å². The third-order valence-corrected chi connectivity index (χ3v) is 6.81. The summed E-state index contributed by atoms with van der Waals surface area (Å²) in [6, 6.07) is 13.5. The van der Waals surface area contributed by atoms with Gasteiger partial charge in [0, 0.05) is 33.9 Å². The number of benzene rings is 2. The summed E-state index contributed by atoms with van der Waals surface area (Å²) in [7, 11) is 8.03. The summed E-state index contributed by atoms with van der Waals surface area (Å²) in [5.41, 5.74) is 7.03. The van der Waals surface area contributed by atoms with Gasteiger partial charge in [-0.3, -0.25) is 0 Å². The van der Waals surface area contributed by atoms with Crippen molar-refractivity contribution in [2.24, 2.45) is 9.98 Å². The van der Waals surface area contributed by atoms with E-state index >= 15 is 0 Å². The predicted octanol–water partition coefficient (Wildman–Crippen LogP) is 8.46. The average Bonchev–Trinajstić information content (AvgIpc) is 2.74. The average molecular weight is 534 g/mol. The van der Waals surface area contributed by atoms with E-state index in [0.717, 1.165) is 17.3 Å². The molecule has 0 saturated heterocycles. The maximum Gasteiger partial charge on any atom is 0.231 e. The van der Waals surface area contributed by atoms with Crippen LogP contribution < -0.4 is 5.32 Å². The third-order valence-electron chi connectivity index (χ3n) is 6.81. The molecule has 39 heavy (non-hydrogen) atoms. The van der Waals surface area contributed by atoms with E-state index in [-0.39, 0.29) is 21.7 Å². The highest BCUT2D eigenvalue weighted by Crippen LogP contribution is 2.34. The Bertz CT molecular complexity index is 1130. The second kappa shape index (κ2) is 11.3. The number of anilines is 1. The molecule has 0 fully saturated rings. The van der Waals surface area contributed by atoms with Crippen LogP contribution in [-0.2, 0) is 21.7 Å². The monoisotopic (exact) mass is 533 g/mol. The predicted molar refractivity (Wildman–Crippen MR) is 173 cm³/mol. The van der Waals surface area contributed by atoms with E-state index in [9.17, 15) is 0 Å². The van der Waals surface area contributed by atoms with Gasteiger partial charge in [0.2, 0.25) is 11.9 Å². The molecule has 0 aliphatic rings. The van der Waals surface area contributed by atoms with E-state index < -0.39 is 0 Å². The number of hydrogen-bond acceptors (Lipinski definition) is 1. The Morgan fingerprint density at radius 2 is 0.872 bits per heavy atom. The van der Waals surface area contributed by atoms with Crippen molar-refractivity contribution in [2.75, 3.05) is 33.5 Å². The standard InChI is InChI=1S/C34H55N5/c1-31(2,3)23-17-24(32(4,5)6)20-27(19-23)35-29(37-30(38(13)14)39(15)16)36-28-21-25(33(7,8)9)18-26(22-28)34(10,11)12/h17-22H,1-16H3,(H,35,36). The number of nitrogens with zero attached hydrogens (tertiary/aromatic N) is 4. The van der Waals surface area contributed by atoms with Gasteiger partial charge in [0.1, 0.15) is 0 Å². The molecule has 0 bridgehead atoms. The van der Waals surface area contributed by atoms with Gasteiger partial charge in [0.25, 0.3) is 0 Å². The summed E-state index contributed by atoms with van der Waals surface area (Å²) in [5, 5.41) is 3.62. The zero-order valence-corrected chi connectivity index (χ0v) is 27.8. The van der Waals surface area contributed by atoms with Gasteiger partial charge in [-0.2, -0.15) is 4.99 Å². The molecular weight excluding hydrogens is 478 g/mol. The largest absolute Gasteiger partial charge is 0.349 e. The molecule has 0 atom stereocenters. The molecule has 0 aromatic heterocycles. The van der Waals surface area contributed by atoms with E-state index in [4.69, 9.17) is 9.98 Å². The molecular formula is C34H55N5. The minimum atomic E-state index is 0.00345. The number of nitrogens with one attached hydrogen (secondary N) is 1. The summed E-state index contributed by atoms with van der Waals surface area (Å²) < 4.78 is 0. The Morgan fingerprint density at radius 1 is 0.538 bits per heavy atom. The summed E-state index contributed by atoms with van der Waals surface area (Å²) in [4.78, 5) is 14.2. The van der Waals surface area contributed by atoms with Gasteiger partial charge < -0.3 is 15.1 Å². The fourth-order valence-electron chi connectivity index (χ4n) is 4.13. The van der Waals surface area contributed by atoms with Crippen LogP contribution in [0.15, 0.2) is 46.4 Å². The van der Waals surface area contributed by atoms with Crippen LogP contribution in [0.1, 0.15) is 105 Å². The highest BCUT2D eigenvalue weighted by Gasteiger charge is 2.23. The van der Waals surface area contributed by atoms with E-state index in [0.29, 0.717) is 5.96 Å². The normalized spacial score (nSPS) is 13.3. The van der Waals surface area contributed by atoms with Gasteiger partial charge in [-0.15, -0.1) is 0 Å². The minimum Gasteiger partial charge on any atom is -0.349 e. The first-order chi connectivity index (χ1) is 17.5. The molecule has 216 valence electrons. The molecule has 0 aliphatic heterocycles. The van der Waals surface area contributed by atoms with Crippen LogP contribution in [-0.4, -0.2) is 49.9 Å². The molecule has 2 rings (SSSR count). The number of aliphatic imine (C=N–C) groups is 2. The van der Waals surface area contributed by atoms with Crippen molar-refractivity contribution < 1.29 is 0 Å². The van der Waals surface area contributed by atoms with Gasteiger partial charge in [-0.1, -0.05) is 95.2 Å². The van der Waals surface area contributed by atoms with Crippen molar-refractivity contribution in [2.45, 2.75) is 105 Å². The van der Waals surface area contributed by atoms with Crippen molar-refractivity contribution >= 4 is 23.3 Å². The van der Waals surface area contributed by atoms with Crippen LogP contribution in [0.3, 0.4) is 0 Å². The molecule has 5 heteroatoms. The fraction of sp³-hybridized carbons (Fsp3) is 0.588. The lowest BCUT2D eigenvalue weighted by Crippen LogP contribution is -2.36. The van der Waals surface area contributed by atoms with Crippen LogP contribution in [0.2, 0.25) is 0 Å². The van der Waals surface area contributed by atoms with Gasteiger partial charge in [-0.25, -0.2) is 4.99 Å². The van der Waals surface area contributed by atoms with Crippen LogP contribution in [0, 0.1) is 0 Å². The lowest BCUT2D eigenvalue weighted by Gasteiger charge is -2.27. The maximum absolute atomic E-state index is 5.16. The fourth-order valence-corrected chi connectivity index (χ4v) is 4.13. The second-order valence-electron chi connectivity index (χ2n) is 15.3. The lowest BCUT2D eigenvalue weighted by atomic mass is 9.80. The van der Waals surface area contributed by atoms with Crippen molar-refractivity contribution in [3.8, 4) is 0 Å². The minimum absolute atomic E-state index is 0.00345. The third kappa shape index (κ3) is 9.12. The first kappa shape index (κ1) is 32.4. The highest BCUT2D eigenvalue weighted by molar-refractivity contribution is 6.03. The molecule has 0 amide bonds. The van der Waals surface area contributed by atoms with E-state index in [1.54, 1.807) is 0 Å². The molecule has 0 saturated carbocycles.